The standard InChI is InChI=1S/C9H20N2O3S.ClH/c1-8(10)9-3-4-11(7-9)15(12,13)6-5-14-2;/h8-9H,3-7,10H2,1-2H3;1H. The molecular weight excluding hydrogens is 252 g/mol. The molecule has 0 aromatic heterocycles. The second-order valence-electron chi connectivity index (χ2n) is 4.07. The van der Waals surface area contributed by atoms with E-state index in [-0.39, 0.29) is 30.8 Å². The number of halogens is 1. The number of hydrogen-bond donors (Lipinski definition) is 1. The summed E-state index contributed by atoms with van der Waals surface area (Å²) in [5.74, 6) is 0.358. The summed E-state index contributed by atoms with van der Waals surface area (Å²) < 4.78 is 29.8. The molecule has 1 rings (SSSR count). The van der Waals surface area contributed by atoms with Gasteiger partial charge in [-0.2, -0.15) is 0 Å². The normalized spacial score (nSPS) is 24.1. The van der Waals surface area contributed by atoms with Gasteiger partial charge in [-0.15, -0.1) is 12.4 Å². The van der Waals surface area contributed by atoms with Crippen molar-refractivity contribution in [2.45, 2.75) is 19.4 Å². The molecule has 1 heterocycles. The van der Waals surface area contributed by atoms with Crippen LogP contribution in [0.3, 0.4) is 0 Å². The highest BCUT2D eigenvalue weighted by Crippen LogP contribution is 2.21. The molecule has 98 valence electrons. The Balaban J connectivity index is 0.00000225. The minimum atomic E-state index is -3.14. The van der Waals surface area contributed by atoms with Gasteiger partial charge in [0.1, 0.15) is 0 Å². The fourth-order valence-electron chi connectivity index (χ4n) is 1.75. The van der Waals surface area contributed by atoms with Gasteiger partial charge >= 0.3 is 0 Å². The molecule has 16 heavy (non-hydrogen) atoms. The van der Waals surface area contributed by atoms with Gasteiger partial charge in [0.05, 0.1) is 12.4 Å². The van der Waals surface area contributed by atoms with Crippen molar-refractivity contribution in [3.63, 3.8) is 0 Å². The quantitative estimate of drug-likeness (QED) is 0.768. The number of nitrogens with two attached hydrogens (primary N) is 1. The highest BCUT2D eigenvalue weighted by molar-refractivity contribution is 7.89. The van der Waals surface area contributed by atoms with Crippen LogP contribution in [0, 0.1) is 5.92 Å². The van der Waals surface area contributed by atoms with E-state index in [0.717, 1.165) is 6.42 Å². The average molecular weight is 273 g/mol. The van der Waals surface area contributed by atoms with Crippen molar-refractivity contribution < 1.29 is 13.2 Å². The van der Waals surface area contributed by atoms with Crippen LogP contribution >= 0.6 is 12.4 Å². The fourth-order valence-corrected chi connectivity index (χ4v) is 3.19. The molecule has 0 aromatic rings. The molecule has 0 aromatic carbocycles. The molecule has 2 N–H and O–H groups in total. The summed E-state index contributed by atoms with van der Waals surface area (Å²) in [6, 6.07) is 0.0626. The van der Waals surface area contributed by atoms with E-state index in [1.165, 1.54) is 11.4 Å². The van der Waals surface area contributed by atoms with Gasteiger partial charge in [-0.3, -0.25) is 0 Å². The van der Waals surface area contributed by atoms with Crippen molar-refractivity contribution in [2.75, 3.05) is 32.6 Å². The molecule has 0 bridgehead atoms. The second-order valence-corrected chi connectivity index (χ2v) is 6.16. The van der Waals surface area contributed by atoms with E-state index in [1.807, 2.05) is 6.92 Å². The molecule has 2 atom stereocenters. The number of rotatable bonds is 5. The van der Waals surface area contributed by atoms with Gasteiger partial charge in [-0.1, -0.05) is 0 Å². The fraction of sp³-hybridized carbons (Fsp3) is 1.00. The van der Waals surface area contributed by atoms with Gasteiger partial charge in [0, 0.05) is 26.2 Å². The smallest absolute Gasteiger partial charge is 0.216 e. The monoisotopic (exact) mass is 272 g/mol. The Bertz CT molecular complexity index is 295. The Morgan fingerprint density at radius 3 is 2.62 bits per heavy atom. The zero-order chi connectivity index (χ0) is 11.5. The summed E-state index contributed by atoms with van der Waals surface area (Å²) in [7, 11) is -1.63. The van der Waals surface area contributed by atoms with Gasteiger partial charge < -0.3 is 10.5 Å². The SMILES string of the molecule is COCCS(=O)(=O)N1CCC(C(C)N)C1.Cl. The molecule has 5 nitrogen and oxygen atoms in total. The topological polar surface area (TPSA) is 72.6 Å². The average Bonchev–Trinajstić information content (AvgIpc) is 2.64. The van der Waals surface area contributed by atoms with Crippen LogP contribution in [0.1, 0.15) is 13.3 Å². The summed E-state index contributed by atoms with van der Waals surface area (Å²) in [6.45, 7) is 3.33. The van der Waals surface area contributed by atoms with Crippen molar-refractivity contribution in [1.29, 1.82) is 0 Å². The Morgan fingerprint density at radius 2 is 2.19 bits per heavy atom. The third kappa shape index (κ3) is 4.18. The second kappa shape index (κ2) is 6.76. The van der Waals surface area contributed by atoms with E-state index in [1.54, 1.807) is 0 Å². The van der Waals surface area contributed by atoms with Crippen molar-refractivity contribution >= 4 is 22.4 Å². The maximum absolute atomic E-state index is 11.8. The van der Waals surface area contributed by atoms with Crippen LogP contribution in [-0.2, 0) is 14.8 Å². The Labute approximate surface area is 104 Å². The van der Waals surface area contributed by atoms with Crippen LogP contribution in [0.2, 0.25) is 0 Å². The minimum Gasteiger partial charge on any atom is -0.384 e. The Morgan fingerprint density at radius 1 is 1.56 bits per heavy atom. The number of ether oxygens (including phenoxy) is 1. The molecule has 0 saturated carbocycles. The predicted octanol–water partition coefficient (Wildman–Crippen LogP) is 0.0535. The molecule has 1 aliphatic heterocycles. The van der Waals surface area contributed by atoms with Crippen molar-refractivity contribution in [2.24, 2.45) is 11.7 Å². The van der Waals surface area contributed by atoms with E-state index >= 15 is 0 Å². The molecule has 0 aliphatic carbocycles. The van der Waals surface area contributed by atoms with Gasteiger partial charge in [-0.05, 0) is 19.3 Å². The first-order valence-electron chi connectivity index (χ1n) is 5.19. The Kier molecular flexibility index (Phi) is 6.81. The summed E-state index contributed by atoms with van der Waals surface area (Å²) in [4.78, 5) is 0. The van der Waals surface area contributed by atoms with Crippen molar-refractivity contribution in [3.8, 4) is 0 Å². The van der Waals surface area contributed by atoms with Gasteiger partial charge in [-0.25, -0.2) is 12.7 Å². The highest BCUT2D eigenvalue weighted by Gasteiger charge is 2.32. The maximum atomic E-state index is 11.8. The first-order chi connectivity index (χ1) is 6.97. The van der Waals surface area contributed by atoms with Crippen LogP contribution in [0.5, 0.6) is 0 Å². The molecule has 7 heteroatoms. The van der Waals surface area contributed by atoms with Crippen LogP contribution in [0.25, 0.3) is 0 Å². The number of nitrogens with zero attached hydrogens (tertiary/aromatic N) is 1. The molecule has 1 fully saturated rings. The molecular formula is C9H21ClN2O3S. The third-order valence-electron chi connectivity index (χ3n) is 2.87. The highest BCUT2D eigenvalue weighted by atomic mass is 35.5. The lowest BCUT2D eigenvalue weighted by atomic mass is 10.0. The molecule has 0 radical (unpaired) electrons. The summed E-state index contributed by atoms with van der Waals surface area (Å²) in [5.41, 5.74) is 5.76. The molecule has 1 saturated heterocycles. The number of hydrogen-bond acceptors (Lipinski definition) is 4. The van der Waals surface area contributed by atoms with E-state index < -0.39 is 10.0 Å². The molecule has 2 unspecified atom stereocenters. The molecule has 1 aliphatic rings. The zero-order valence-corrected chi connectivity index (χ0v) is 11.4. The lowest BCUT2D eigenvalue weighted by molar-refractivity contribution is 0.215. The van der Waals surface area contributed by atoms with Crippen LogP contribution in [0.4, 0.5) is 0 Å². The minimum absolute atomic E-state index is 0. The van der Waals surface area contributed by atoms with E-state index in [0.29, 0.717) is 19.0 Å². The third-order valence-corrected chi connectivity index (χ3v) is 4.67. The number of methoxy groups -OCH3 is 1. The summed E-state index contributed by atoms with van der Waals surface area (Å²) in [5, 5.41) is 0. The first kappa shape index (κ1) is 16.1. The maximum Gasteiger partial charge on any atom is 0.216 e. The van der Waals surface area contributed by atoms with E-state index in [4.69, 9.17) is 10.5 Å². The van der Waals surface area contributed by atoms with Crippen molar-refractivity contribution in [1.82, 2.24) is 4.31 Å². The van der Waals surface area contributed by atoms with Crippen molar-refractivity contribution in [3.05, 3.63) is 0 Å². The predicted molar refractivity (Wildman–Crippen MR) is 66.2 cm³/mol. The lowest BCUT2D eigenvalue weighted by Gasteiger charge is -2.17. The zero-order valence-electron chi connectivity index (χ0n) is 9.76. The van der Waals surface area contributed by atoms with E-state index in [2.05, 4.69) is 0 Å². The number of sulfonamides is 1. The van der Waals surface area contributed by atoms with Crippen LogP contribution < -0.4 is 5.73 Å². The summed E-state index contributed by atoms with van der Waals surface area (Å²) >= 11 is 0. The first-order valence-corrected chi connectivity index (χ1v) is 6.80. The van der Waals surface area contributed by atoms with Crippen LogP contribution in [0.15, 0.2) is 0 Å². The van der Waals surface area contributed by atoms with Gasteiger partial charge in [0.2, 0.25) is 10.0 Å². The van der Waals surface area contributed by atoms with Gasteiger partial charge in [0.25, 0.3) is 0 Å². The Hall–Kier alpha value is 0.120. The molecule has 0 amide bonds. The molecule has 0 spiro atoms. The lowest BCUT2D eigenvalue weighted by Crippen LogP contribution is -2.35. The van der Waals surface area contributed by atoms with Gasteiger partial charge in [0.15, 0.2) is 0 Å². The van der Waals surface area contributed by atoms with Crippen LogP contribution in [-0.4, -0.2) is 51.3 Å². The largest absolute Gasteiger partial charge is 0.384 e. The van der Waals surface area contributed by atoms with E-state index in [9.17, 15) is 8.42 Å². The summed E-state index contributed by atoms with van der Waals surface area (Å²) in [6.07, 6.45) is 0.865.